The number of carbonyl (C=O) groups excluding carboxylic acids is 1. The predicted octanol–water partition coefficient (Wildman–Crippen LogP) is 0.354. The fraction of sp³-hybridized carbons (Fsp3) is 0.400. The monoisotopic (exact) mass is 206 g/mol. The van der Waals surface area contributed by atoms with Crippen LogP contribution in [-0.4, -0.2) is 23.5 Å². The van der Waals surface area contributed by atoms with Crippen molar-refractivity contribution in [3.63, 3.8) is 0 Å². The Morgan fingerprint density at radius 2 is 2.53 bits per heavy atom. The molecule has 1 aliphatic heterocycles. The standard InChI is InChI=1S/C10H14N4O/c11-7-3-4-12-9(5-7)13-6-8-1-2-10(15)14-8/h3-5,8H,1-2,6H2,(H,14,15)(H3,11,12,13). The first-order valence-electron chi connectivity index (χ1n) is 4.99. The summed E-state index contributed by atoms with van der Waals surface area (Å²) in [6.45, 7) is 0.697. The molecular formula is C10H14N4O. The van der Waals surface area contributed by atoms with Crippen LogP contribution in [0.25, 0.3) is 0 Å². The van der Waals surface area contributed by atoms with E-state index in [9.17, 15) is 4.79 Å². The molecule has 2 heterocycles. The molecule has 1 unspecified atom stereocenters. The van der Waals surface area contributed by atoms with E-state index < -0.39 is 0 Å². The highest BCUT2D eigenvalue weighted by atomic mass is 16.1. The van der Waals surface area contributed by atoms with Gasteiger partial charge in [0.2, 0.25) is 5.91 Å². The number of amides is 1. The molecule has 5 nitrogen and oxygen atoms in total. The maximum atomic E-state index is 10.9. The Kier molecular flexibility index (Phi) is 2.71. The second-order valence-corrected chi connectivity index (χ2v) is 3.66. The molecule has 1 atom stereocenters. The van der Waals surface area contributed by atoms with E-state index in [1.165, 1.54) is 0 Å². The molecule has 0 aromatic carbocycles. The number of hydrogen-bond donors (Lipinski definition) is 3. The smallest absolute Gasteiger partial charge is 0.220 e. The summed E-state index contributed by atoms with van der Waals surface area (Å²) in [5.41, 5.74) is 6.30. The molecule has 0 spiro atoms. The third kappa shape index (κ3) is 2.59. The number of aromatic nitrogens is 1. The lowest BCUT2D eigenvalue weighted by Gasteiger charge is -2.11. The summed E-state index contributed by atoms with van der Waals surface area (Å²) in [7, 11) is 0. The Morgan fingerprint density at radius 3 is 3.20 bits per heavy atom. The van der Waals surface area contributed by atoms with Crippen LogP contribution in [0.5, 0.6) is 0 Å². The van der Waals surface area contributed by atoms with Gasteiger partial charge in [-0.25, -0.2) is 4.98 Å². The van der Waals surface area contributed by atoms with E-state index >= 15 is 0 Å². The number of nitrogens with two attached hydrogens (primary N) is 1. The van der Waals surface area contributed by atoms with Crippen molar-refractivity contribution in [1.82, 2.24) is 10.3 Å². The average molecular weight is 206 g/mol. The summed E-state index contributed by atoms with van der Waals surface area (Å²) < 4.78 is 0. The molecular weight excluding hydrogens is 192 g/mol. The van der Waals surface area contributed by atoms with E-state index in [-0.39, 0.29) is 11.9 Å². The van der Waals surface area contributed by atoms with Gasteiger partial charge in [0.15, 0.2) is 0 Å². The minimum absolute atomic E-state index is 0.127. The highest BCUT2D eigenvalue weighted by Gasteiger charge is 2.19. The zero-order valence-electron chi connectivity index (χ0n) is 8.36. The first kappa shape index (κ1) is 9.76. The van der Waals surface area contributed by atoms with Crippen molar-refractivity contribution in [3.05, 3.63) is 18.3 Å². The molecule has 1 aliphatic rings. The van der Waals surface area contributed by atoms with Crippen LogP contribution < -0.4 is 16.4 Å². The quantitative estimate of drug-likeness (QED) is 0.667. The van der Waals surface area contributed by atoms with Crippen LogP contribution in [0.15, 0.2) is 18.3 Å². The van der Waals surface area contributed by atoms with Crippen molar-refractivity contribution in [2.45, 2.75) is 18.9 Å². The number of rotatable bonds is 3. The van der Waals surface area contributed by atoms with Gasteiger partial charge >= 0.3 is 0 Å². The van der Waals surface area contributed by atoms with E-state index in [4.69, 9.17) is 5.73 Å². The molecule has 0 radical (unpaired) electrons. The minimum atomic E-state index is 0.127. The molecule has 1 saturated heterocycles. The molecule has 1 aromatic heterocycles. The molecule has 15 heavy (non-hydrogen) atoms. The summed E-state index contributed by atoms with van der Waals surface area (Å²) >= 11 is 0. The summed E-state index contributed by atoms with van der Waals surface area (Å²) in [4.78, 5) is 15.1. The Morgan fingerprint density at radius 1 is 1.67 bits per heavy atom. The van der Waals surface area contributed by atoms with Crippen molar-refractivity contribution < 1.29 is 4.79 Å². The Labute approximate surface area is 88.1 Å². The summed E-state index contributed by atoms with van der Waals surface area (Å²) in [6.07, 6.45) is 3.16. The predicted molar refractivity (Wildman–Crippen MR) is 58.3 cm³/mol. The Bertz CT molecular complexity index is 366. The SMILES string of the molecule is Nc1ccnc(NCC2CCC(=O)N2)c1. The maximum absolute atomic E-state index is 10.9. The van der Waals surface area contributed by atoms with Crippen molar-refractivity contribution in [3.8, 4) is 0 Å². The first-order valence-corrected chi connectivity index (χ1v) is 4.99. The molecule has 1 fully saturated rings. The summed E-state index contributed by atoms with van der Waals surface area (Å²) in [6, 6.07) is 3.72. The van der Waals surface area contributed by atoms with Gasteiger partial charge in [-0.1, -0.05) is 0 Å². The number of nitrogens with zero attached hydrogens (tertiary/aromatic N) is 1. The number of pyridine rings is 1. The zero-order valence-corrected chi connectivity index (χ0v) is 8.36. The van der Waals surface area contributed by atoms with Crippen LogP contribution in [0.4, 0.5) is 11.5 Å². The molecule has 0 bridgehead atoms. The van der Waals surface area contributed by atoms with Crippen LogP contribution in [0.1, 0.15) is 12.8 Å². The molecule has 5 heteroatoms. The first-order chi connectivity index (χ1) is 7.24. The van der Waals surface area contributed by atoms with Gasteiger partial charge in [0.25, 0.3) is 0 Å². The van der Waals surface area contributed by atoms with Crippen LogP contribution in [-0.2, 0) is 4.79 Å². The van der Waals surface area contributed by atoms with Crippen molar-refractivity contribution >= 4 is 17.4 Å². The lowest BCUT2D eigenvalue weighted by Crippen LogP contribution is -2.31. The third-order valence-corrected chi connectivity index (χ3v) is 2.40. The number of carbonyl (C=O) groups is 1. The van der Waals surface area contributed by atoms with E-state index in [2.05, 4.69) is 15.6 Å². The molecule has 0 aliphatic carbocycles. The maximum Gasteiger partial charge on any atom is 0.220 e. The molecule has 1 amide bonds. The Hall–Kier alpha value is -1.78. The van der Waals surface area contributed by atoms with E-state index in [1.54, 1.807) is 18.3 Å². The van der Waals surface area contributed by atoms with Gasteiger partial charge in [0.05, 0.1) is 0 Å². The normalized spacial score (nSPS) is 20.0. The lowest BCUT2D eigenvalue weighted by molar-refractivity contribution is -0.119. The van der Waals surface area contributed by atoms with Crippen LogP contribution >= 0.6 is 0 Å². The van der Waals surface area contributed by atoms with Gasteiger partial charge in [0.1, 0.15) is 5.82 Å². The van der Waals surface area contributed by atoms with Gasteiger partial charge in [-0.2, -0.15) is 0 Å². The van der Waals surface area contributed by atoms with Gasteiger partial charge < -0.3 is 16.4 Å². The summed E-state index contributed by atoms with van der Waals surface area (Å²) in [5, 5.41) is 6.02. The molecule has 1 aromatic rings. The van der Waals surface area contributed by atoms with E-state index in [0.717, 1.165) is 12.2 Å². The molecule has 0 saturated carbocycles. The van der Waals surface area contributed by atoms with Gasteiger partial charge in [-0.15, -0.1) is 0 Å². The fourth-order valence-corrected chi connectivity index (χ4v) is 1.60. The van der Waals surface area contributed by atoms with Crippen molar-refractivity contribution in [1.29, 1.82) is 0 Å². The fourth-order valence-electron chi connectivity index (χ4n) is 1.60. The number of anilines is 2. The topological polar surface area (TPSA) is 80.0 Å². The van der Waals surface area contributed by atoms with E-state index in [1.807, 2.05) is 0 Å². The zero-order chi connectivity index (χ0) is 10.7. The second kappa shape index (κ2) is 4.16. The minimum Gasteiger partial charge on any atom is -0.399 e. The summed E-state index contributed by atoms with van der Waals surface area (Å²) in [5.74, 6) is 0.874. The largest absolute Gasteiger partial charge is 0.399 e. The van der Waals surface area contributed by atoms with Gasteiger partial charge in [0, 0.05) is 37.0 Å². The van der Waals surface area contributed by atoms with E-state index in [0.29, 0.717) is 18.7 Å². The number of nitrogens with one attached hydrogen (secondary N) is 2. The molecule has 80 valence electrons. The second-order valence-electron chi connectivity index (χ2n) is 3.66. The highest BCUT2D eigenvalue weighted by molar-refractivity contribution is 5.78. The number of hydrogen-bond acceptors (Lipinski definition) is 4. The lowest BCUT2D eigenvalue weighted by atomic mass is 10.2. The molecule has 2 rings (SSSR count). The highest BCUT2D eigenvalue weighted by Crippen LogP contribution is 2.10. The van der Waals surface area contributed by atoms with Crippen LogP contribution in [0.3, 0.4) is 0 Å². The molecule has 4 N–H and O–H groups in total. The van der Waals surface area contributed by atoms with Crippen LogP contribution in [0, 0.1) is 0 Å². The van der Waals surface area contributed by atoms with Crippen LogP contribution in [0.2, 0.25) is 0 Å². The Balaban J connectivity index is 1.85. The van der Waals surface area contributed by atoms with Crippen molar-refractivity contribution in [2.75, 3.05) is 17.6 Å². The van der Waals surface area contributed by atoms with Gasteiger partial charge in [-0.05, 0) is 12.5 Å². The third-order valence-electron chi connectivity index (χ3n) is 2.40. The van der Waals surface area contributed by atoms with Crippen molar-refractivity contribution in [2.24, 2.45) is 0 Å². The average Bonchev–Trinajstić information content (AvgIpc) is 2.62. The number of nitrogen functional groups attached to an aromatic ring is 1. The van der Waals surface area contributed by atoms with Gasteiger partial charge in [-0.3, -0.25) is 4.79 Å².